The zero-order valence-corrected chi connectivity index (χ0v) is 11.9. The quantitative estimate of drug-likeness (QED) is 0.825. The van der Waals surface area contributed by atoms with Gasteiger partial charge in [-0.05, 0) is 35.9 Å². The molecule has 102 valence electrons. The summed E-state index contributed by atoms with van der Waals surface area (Å²) in [5.41, 5.74) is 8.56. The van der Waals surface area contributed by atoms with Gasteiger partial charge >= 0.3 is 0 Å². The summed E-state index contributed by atoms with van der Waals surface area (Å²) in [7, 11) is -0.793. The van der Waals surface area contributed by atoms with E-state index in [-0.39, 0.29) is 0 Å². The van der Waals surface area contributed by atoms with Crippen LogP contribution < -0.4 is 5.73 Å². The summed E-state index contributed by atoms with van der Waals surface area (Å²) < 4.78 is 12.8. The Morgan fingerprint density at radius 1 is 1.42 bits per heavy atom. The third-order valence-corrected chi connectivity index (χ3v) is 3.65. The van der Waals surface area contributed by atoms with E-state index in [1.807, 2.05) is 25.1 Å². The van der Waals surface area contributed by atoms with Crippen molar-refractivity contribution in [1.29, 1.82) is 0 Å². The maximum Gasteiger partial charge on any atom is 0.184 e. The first-order valence-corrected chi connectivity index (χ1v) is 7.73. The maximum atomic E-state index is 11.1. The van der Waals surface area contributed by atoms with E-state index >= 15 is 0 Å². The lowest BCUT2D eigenvalue weighted by Gasteiger charge is -2.07. The van der Waals surface area contributed by atoms with Crippen molar-refractivity contribution in [3.8, 4) is 11.4 Å². The summed E-state index contributed by atoms with van der Waals surface area (Å²) in [6, 6.07) is 5.77. The van der Waals surface area contributed by atoms with Crippen molar-refractivity contribution in [3.05, 3.63) is 23.8 Å². The summed E-state index contributed by atoms with van der Waals surface area (Å²) >= 11 is 0. The Balaban J connectivity index is 2.23. The average Bonchev–Trinajstić information content (AvgIpc) is 2.80. The van der Waals surface area contributed by atoms with Crippen LogP contribution in [0.4, 0.5) is 5.69 Å². The number of hydrogen-bond acceptors (Lipinski definition) is 5. The molecule has 1 unspecified atom stereocenters. The van der Waals surface area contributed by atoms with E-state index in [2.05, 4.69) is 15.5 Å². The van der Waals surface area contributed by atoms with Crippen LogP contribution in [0.3, 0.4) is 0 Å². The lowest BCUT2D eigenvalue weighted by molar-refractivity contribution is 0.583. The van der Waals surface area contributed by atoms with Gasteiger partial charge in [0.05, 0.1) is 0 Å². The Kier molecular flexibility index (Phi) is 4.26. The Morgan fingerprint density at radius 2 is 2.21 bits per heavy atom. The minimum Gasteiger partial charge on any atom is -0.398 e. The summed E-state index contributed by atoms with van der Waals surface area (Å²) in [5, 5.41) is 11.7. The number of benzene rings is 1. The molecule has 2 N–H and O–H groups in total. The minimum atomic E-state index is -0.793. The van der Waals surface area contributed by atoms with Gasteiger partial charge in [0.25, 0.3) is 0 Å². The molecule has 0 fully saturated rings. The summed E-state index contributed by atoms with van der Waals surface area (Å²) in [5.74, 6) is 1.30. The third kappa shape index (κ3) is 3.37. The molecule has 0 spiro atoms. The van der Waals surface area contributed by atoms with Gasteiger partial charge in [0.15, 0.2) is 5.82 Å². The third-order valence-electron chi connectivity index (χ3n) is 2.78. The van der Waals surface area contributed by atoms with Crippen LogP contribution >= 0.6 is 0 Å². The summed E-state index contributed by atoms with van der Waals surface area (Å²) in [6.07, 6.45) is 2.46. The first-order valence-electron chi connectivity index (χ1n) is 6.00. The molecule has 19 heavy (non-hydrogen) atoms. The number of hydrogen-bond donors (Lipinski definition) is 1. The smallest absolute Gasteiger partial charge is 0.184 e. The number of nitrogens with zero attached hydrogens (tertiary/aromatic N) is 4. The SMILES string of the molecule is Cc1ccc(N)c(-c2nnnn2CCCS(C)=O)c1. The first-order chi connectivity index (χ1) is 9.08. The topological polar surface area (TPSA) is 86.7 Å². The second-order valence-electron chi connectivity index (χ2n) is 4.45. The molecule has 0 aliphatic carbocycles. The molecular formula is C12H17N5OS. The van der Waals surface area contributed by atoms with Gasteiger partial charge in [-0.15, -0.1) is 5.10 Å². The fourth-order valence-corrected chi connectivity index (χ4v) is 2.37. The predicted octanol–water partition coefficient (Wildman–Crippen LogP) is 0.999. The van der Waals surface area contributed by atoms with Crippen molar-refractivity contribution in [2.75, 3.05) is 17.7 Å². The van der Waals surface area contributed by atoms with Crippen LogP contribution in [0.15, 0.2) is 18.2 Å². The molecule has 0 saturated heterocycles. The van der Waals surface area contributed by atoms with E-state index in [0.29, 0.717) is 23.8 Å². The second-order valence-corrected chi connectivity index (χ2v) is 6.00. The number of aryl methyl sites for hydroxylation is 2. The fourth-order valence-electron chi connectivity index (χ4n) is 1.83. The van der Waals surface area contributed by atoms with Crippen molar-refractivity contribution in [2.45, 2.75) is 19.9 Å². The molecule has 0 aliphatic rings. The largest absolute Gasteiger partial charge is 0.398 e. The van der Waals surface area contributed by atoms with Gasteiger partial charge in [-0.25, -0.2) is 4.68 Å². The lowest BCUT2D eigenvalue weighted by Crippen LogP contribution is -2.07. The van der Waals surface area contributed by atoms with E-state index in [0.717, 1.165) is 17.5 Å². The van der Waals surface area contributed by atoms with Crippen molar-refractivity contribution in [3.63, 3.8) is 0 Å². The maximum absolute atomic E-state index is 11.1. The van der Waals surface area contributed by atoms with Crippen LogP contribution in [0, 0.1) is 6.92 Å². The molecule has 0 amide bonds. The number of anilines is 1. The number of aromatic nitrogens is 4. The van der Waals surface area contributed by atoms with Crippen molar-refractivity contribution in [1.82, 2.24) is 20.2 Å². The monoisotopic (exact) mass is 279 g/mol. The van der Waals surface area contributed by atoms with E-state index in [1.54, 1.807) is 10.9 Å². The predicted molar refractivity (Wildman–Crippen MR) is 76.0 cm³/mol. The van der Waals surface area contributed by atoms with Crippen LogP contribution in [0.5, 0.6) is 0 Å². The van der Waals surface area contributed by atoms with Gasteiger partial charge in [-0.3, -0.25) is 4.21 Å². The van der Waals surface area contributed by atoms with Crippen molar-refractivity contribution >= 4 is 16.5 Å². The molecule has 0 saturated carbocycles. The highest BCUT2D eigenvalue weighted by Gasteiger charge is 2.12. The van der Waals surface area contributed by atoms with Gasteiger partial charge in [0, 0.05) is 40.6 Å². The van der Waals surface area contributed by atoms with Gasteiger partial charge in [0.2, 0.25) is 0 Å². The molecular weight excluding hydrogens is 262 g/mol. The highest BCUT2D eigenvalue weighted by Crippen LogP contribution is 2.24. The molecule has 1 heterocycles. The van der Waals surface area contributed by atoms with E-state index < -0.39 is 10.8 Å². The molecule has 1 aromatic heterocycles. The second kappa shape index (κ2) is 5.92. The van der Waals surface area contributed by atoms with Crippen LogP contribution in [0.25, 0.3) is 11.4 Å². The van der Waals surface area contributed by atoms with Gasteiger partial charge in [-0.1, -0.05) is 11.6 Å². The Bertz CT molecular complexity index is 596. The zero-order chi connectivity index (χ0) is 13.8. The van der Waals surface area contributed by atoms with Crippen LogP contribution in [-0.2, 0) is 17.3 Å². The number of tetrazole rings is 1. The molecule has 2 rings (SSSR count). The molecule has 2 aromatic rings. The van der Waals surface area contributed by atoms with E-state index in [4.69, 9.17) is 5.73 Å². The van der Waals surface area contributed by atoms with Crippen molar-refractivity contribution in [2.24, 2.45) is 0 Å². The zero-order valence-electron chi connectivity index (χ0n) is 11.0. The normalized spacial score (nSPS) is 12.5. The minimum absolute atomic E-state index is 0.634. The molecule has 1 aromatic carbocycles. The fraction of sp³-hybridized carbons (Fsp3) is 0.417. The number of nitrogens with two attached hydrogens (primary N) is 1. The number of nitrogen functional groups attached to an aromatic ring is 1. The molecule has 0 radical (unpaired) electrons. The molecule has 6 nitrogen and oxygen atoms in total. The average molecular weight is 279 g/mol. The first kappa shape index (κ1) is 13.7. The molecule has 0 aliphatic heterocycles. The molecule has 7 heteroatoms. The van der Waals surface area contributed by atoms with E-state index in [1.165, 1.54) is 0 Å². The summed E-state index contributed by atoms with van der Waals surface area (Å²) in [6.45, 7) is 2.63. The lowest BCUT2D eigenvalue weighted by atomic mass is 10.1. The molecule has 1 atom stereocenters. The summed E-state index contributed by atoms with van der Waals surface area (Å²) in [4.78, 5) is 0. The van der Waals surface area contributed by atoms with E-state index in [9.17, 15) is 4.21 Å². The Labute approximate surface area is 114 Å². The molecule has 0 bridgehead atoms. The number of rotatable bonds is 5. The van der Waals surface area contributed by atoms with Gasteiger partial charge in [0.1, 0.15) is 0 Å². The van der Waals surface area contributed by atoms with Gasteiger partial charge in [-0.2, -0.15) is 0 Å². The van der Waals surface area contributed by atoms with Gasteiger partial charge < -0.3 is 5.73 Å². The van der Waals surface area contributed by atoms with Crippen LogP contribution in [0.2, 0.25) is 0 Å². The Hall–Kier alpha value is -1.76. The Morgan fingerprint density at radius 3 is 2.95 bits per heavy atom. The van der Waals surface area contributed by atoms with Crippen LogP contribution in [-0.4, -0.2) is 36.4 Å². The highest BCUT2D eigenvalue weighted by atomic mass is 32.2. The van der Waals surface area contributed by atoms with Crippen LogP contribution in [0.1, 0.15) is 12.0 Å². The standard InChI is InChI=1S/C12H17N5OS/c1-9-4-5-11(13)10(8-9)12-14-15-16-17(12)6-3-7-19(2)18/h4-5,8H,3,6-7,13H2,1-2H3. The van der Waals surface area contributed by atoms with Crippen molar-refractivity contribution < 1.29 is 4.21 Å². The highest BCUT2D eigenvalue weighted by molar-refractivity contribution is 7.84.